The van der Waals surface area contributed by atoms with Crippen LogP contribution in [-0.4, -0.2) is 31.5 Å². The zero-order valence-corrected chi connectivity index (χ0v) is 12.9. The highest BCUT2D eigenvalue weighted by atomic mass is 79.9. The van der Waals surface area contributed by atoms with Gasteiger partial charge in [0.2, 0.25) is 0 Å². The fourth-order valence-corrected chi connectivity index (χ4v) is 2.50. The molecular formula is C11H12Br2ClNO2. The lowest BCUT2D eigenvalue weighted by molar-refractivity contribution is 0.0923. The molecule has 0 radical (unpaired) electrons. The monoisotopic (exact) mass is 383 g/mol. The summed E-state index contributed by atoms with van der Waals surface area (Å²) < 4.78 is 6.83. The maximum absolute atomic E-state index is 11.8. The number of halogens is 3. The second-order valence-electron chi connectivity index (χ2n) is 3.18. The minimum absolute atomic E-state index is 0.126. The normalized spacial score (nSPS) is 10.3. The quantitative estimate of drug-likeness (QED) is 0.603. The molecule has 1 N–H and O–H groups in total. The van der Waals surface area contributed by atoms with Crippen molar-refractivity contribution in [2.75, 3.05) is 25.6 Å². The number of carbonyl (C=O) groups excluding carboxylic acids is 1. The van der Waals surface area contributed by atoms with E-state index in [9.17, 15) is 4.79 Å². The number of alkyl halides is 1. The first-order valence-electron chi connectivity index (χ1n) is 5.02. The minimum Gasteiger partial charge on any atom is -0.378 e. The first-order chi connectivity index (χ1) is 8.15. The van der Waals surface area contributed by atoms with Crippen LogP contribution in [-0.2, 0) is 4.74 Å². The van der Waals surface area contributed by atoms with Gasteiger partial charge in [-0.3, -0.25) is 4.79 Å². The number of ether oxygens (including phenoxy) is 1. The Kier molecular flexibility index (Phi) is 7.11. The molecule has 1 aromatic rings. The molecule has 0 unspecified atom stereocenters. The maximum atomic E-state index is 11.8. The number of carbonyl (C=O) groups is 1. The molecule has 94 valence electrons. The van der Waals surface area contributed by atoms with Crippen molar-refractivity contribution >= 4 is 49.4 Å². The first kappa shape index (κ1) is 15.0. The van der Waals surface area contributed by atoms with Crippen molar-refractivity contribution in [3.05, 3.63) is 32.7 Å². The van der Waals surface area contributed by atoms with Crippen molar-refractivity contribution in [3.63, 3.8) is 0 Å². The molecule has 0 bridgehead atoms. The van der Waals surface area contributed by atoms with Crippen LogP contribution < -0.4 is 5.32 Å². The van der Waals surface area contributed by atoms with Gasteiger partial charge in [-0.05, 0) is 34.1 Å². The molecule has 3 nitrogen and oxygen atoms in total. The van der Waals surface area contributed by atoms with Gasteiger partial charge in [0.05, 0.1) is 18.8 Å². The molecule has 6 heteroatoms. The van der Waals surface area contributed by atoms with Gasteiger partial charge >= 0.3 is 0 Å². The SMILES string of the molecule is O=C(NCCOCCCl)c1ccc(Br)cc1Br. The van der Waals surface area contributed by atoms with Gasteiger partial charge in [-0.15, -0.1) is 11.6 Å². The largest absolute Gasteiger partial charge is 0.378 e. The third kappa shape index (κ3) is 5.38. The van der Waals surface area contributed by atoms with Crippen molar-refractivity contribution in [2.45, 2.75) is 0 Å². The Balaban J connectivity index is 2.42. The Morgan fingerprint density at radius 1 is 1.35 bits per heavy atom. The van der Waals surface area contributed by atoms with Gasteiger partial charge in [-0.2, -0.15) is 0 Å². The van der Waals surface area contributed by atoms with Crippen molar-refractivity contribution in [1.29, 1.82) is 0 Å². The van der Waals surface area contributed by atoms with Crippen LogP contribution in [0.3, 0.4) is 0 Å². The van der Waals surface area contributed by atoms with E-state index in [4.69, 9.17) is 16.3 Å². The third-order valence-corrected chi connectivity index (χ3v) is 3.23. The minimum atomic E-state index is -0.126. The van der Waals surface area contributed by atoms with Crippen molar-refractivity contribution in [3.8, 4) is 0 Å². The lowest BCUT2D eigenvalue weighted by Gasteiger charge is -2.07. The van der Waals surface area contributed by atoms with E-state index in [1.807, 2.05) is 12.1 Å². The molecule has 0 aliphatic carbocycles. The van der Waals surface area contributed by atoms with Gasteiger partial charge in [0, 0.05) is 21.4 Å². The first-order valence-corrected chi connectivity index (χ1v) is 7.14. The van der Waals surface area contributed by atoms with Crippen LogP contribution in [0.2, 0.25) is 0 Å². The second-order valence-corrected chi connectivity index (χ2v) is 5.33. The number of hydrogen-bond acceptors (Lipinski definition) is 2. The van der Waals surface area contributed by atoms with Gasteiger partial charge in [-0.25, -0.2) is 0 Å². The summed E-state index contributed by atoms with van der Waals surface area (Å²) in [5.41, 5.74) is 0.602. The summed E-state index contributed by atoms with van der Waals surface area (Å²) in [6.07, 6.45) is 0. The second kappa shape index (κ2) is 8.08. The number of hydrogen-bond donors (Lipinski definition) is 1. The van der Waals surface area contributed by atoms with E-state index in [2.05, 4.69) is 37.2 Å². The van der Waals surface area contributed by atoms with Crippen LogP contribution in [0.4, 0.5) is 0 Å². The summed E-state index contributed by atoms with van der Waals surface area (Å²) in [5, 5.41) is 2.77. The molecule has 0 aliphatic rings. The van der Waals surface area contributed by atoms with E-state index in [-0.39, 0.29) is 5.91 Å². The van der Waals surface area contributed by atoms with Crippen LogP contribution in [0, 0.1) is 0 Å². The van der Waals surface area contributed by atoms with Gasteiger partial charge in [0.1, 0.15) is 0 Å². The number of benzene rings is 1. The highest BCUT2D eigenvalue weighted by molar-refractivity contribution is 9.11. The van der Waals surface area contributed by atoms with E-state index in [0.29, 0.717) is 31.2 Å². The fraction of sp³-hybridized carbons (Fsp3) is 0.364. The Morgan fingerprint density at radius 3 is 2.76 bits per heavy atom. The fourth-order valence-electron chi connectivity index (χ4n) is 1.16. The lowest BCUT2D eigenvalue weighted by atomic mass is 10.2. The van der Waals surface area contributed by atoms with Crippen LogP contribution in [0.15, 0.2) is 27.1 Å². The molecule has 0 saturated carbocycles. The van der Waals surface area contributed by atoms with E-state index >= 15 is 0 Å². The Hall–Kier alpha value is -0.100. The van der Waals surface area contributed by atoms with E-state index in [1.54, 1.807) is 6.07 Å². The number of rotatable bonds is 6. The molecule has 0 heterocycles. The van der Waals surface area contributed by atoms with Gasteiger partial charge < -0.3 is 10.1 Å². The third-order valence-electron chi connectivity index (χ3n) is 1.93. The highest BCUT2D eigenvalue weighted by Gasteiger charge is 2.09. The average molecular weight is 385 g/mol. The average Bonchev–Trinajstić information content (AvgIpc) is 2.28. The molecule has 0 fully saturated rings. The number of nitrogens with one attached hydrogen (secondary N) is 1. The molecule has 1 amide bonds. The Labute approximate surface area is 122 Å². The van der Waals surface area contributed by atoms with Gasteiger partial charge in [0.25, 0.3) is 5.91 Å². The molecule has 0 saturated heterocycles. The molecule has 1 rings (SSSR count). The Morgan fingerprint density at radius 2 is 2.12 bits per heavy atom. The molecule has 0 atom stereocenters. The van der Waals surface area contributed by atoms with Gasteiger partial charge in [0.15, 0.2) is 0 Å². The summed E-state index contributed by atoms with van der Waals surface area (Å²) in [6.45, 7) is 1.43. The van der Waals surface area contributed by atoms with Crippen molar-refractivity contribution < 1.29 is 9.53 Å². The zero-order chi connectivity index (χ0) is 12.7. The smallest absolute Gasteiger partial charge is 0.252 e. The van der Waals surface area contributed by atoms with Crippen molar-refractivity contribution in [2.24, 2.45) is 0 Å². The number of amides is 1. The standard InChI is InChI=1S/C11H12Br2ClNO2/c12-8-1-2-9(10(13)7-8)11(16)15-4-6-17-5-3-14/h1-2,7H,3-6H2,(H,15,16). The van der Waals surface area contributed by atoms with E-state index in [0.717, 1.165) is 8.95 Å². The summed E-state index contributed by atoms with van der Waals surface area (Å²) in [6, 6.07) is 5.41. The van der Waals surface area contributed by atoms with Crippen LogP contribution in [0.25, 0.3) is 0 Å². The summed E-state index contributed by atoms with van der Waals surface area (Å²) in [5.74, 6) is 0.338. The summed E-state index contributed by atoms with van der Waals surface area (Å²) in [4.78, 5) is 11.8. The zero-order valence-electron chi connectivity index (χ0n) is 9.01. The molecule has 0 aromatic heterocycles. The topological polar surface area (TPSA) is 38.3 Å². The van der Waals surface area contributed by atoms with Gasteiger partial charge in [-0.1, -0.05) is 15.9 Å². The maximum Gasteiger partial charge on any atom is 0.252 e. The predicted molar refractivity (Wildman–Crippen MR) is 75.7 cm³/mol. The Bertz CT molecular complexity index is 388. The predicted octanol–water partition coefficient (Wildman–Crippen LogP) is 3.20. The molecule has 0 aliphatic heterocycles. The summed E-state index contributed by atoms with van der Waals surface area (Å²) >= 11 is 12.1. The summed E-state index contributed by atoms with van der Waals surface area (Å²) in [7, 11) is 0. The molecule has 17 heavy (non-hydrogen) atoms. The molecule has 0 spiro atoms. The highest BCUT2D eigenvalue weighted by Crippen LogP contribution is 2.21. The van der Waals surface area contributed by atoms with E-state index < -0.39 is 0 Å². The van der Waals surface area contributed by atoms with Crippen molar-refractivity contribution in [1.82, 2.24) is 5.32 Å². The van der Waals surface area contributed by atoms with Crippen LogP contribution >= 0.6 is 43.5 Å². The molecular weight excluding hydrogens is 373 g/mol. The lowest BCUT2D eigenvalue weighted by Crippen LogP contribution is -2.27. The van der Waals surface area contributed by atoms with Crippen LogP contribution in [0.1, 0.15) is 10.4 Å². The van der Waals surface area contributed by atoms with E-state index in [1.165, 1.54) is 0 Å². The molecule has 1 aromatic carbocycles. The van der Waals surface area contributed by atoms with Crippen LogP contribution in [0.5, 0.6) is 0 Å².